The molecule has 0 aliphatic carbocycles. The Bertz CT molecular complexity index is 1320. The van der Waals surface area contributed by atoms with Gasteiger partial charge in [0.1, 0.15) is 11.5 Å². The lowest BCUT2D eigenvalue weighted by molar-refractivity contribution is -0.136. The Morgan fingerprint density at radius 2 is 1.29 bits per heavy atom. The summed E-state index contributed by atoms with van der Waals surface area (Å²) in [6.07, 6.45) is 1.09. The number of carbonyl (C=O) groups excluding carboxylic acids is 1. The van der Waals surface area contributed by atoms with Gasteiger partial charge in [0, 0.05) is 24.9 Å². The number of hydrogen-bond acceptors (Lipinski definition) is 4. The fourth-order valence-electron chi connectivity index (χ4n) is 4.02. The lowest BCUT2D eigenvalue weighted by Crippen LogP contribution is -2.23. The Hall–Kier alpha value is -4.58. The molecule has 0 aromatic heterocycles. The quantitative estimate of drug-likeness (QED) is 0.211. The molecule has 38 heavy (non-hydrogen) atoms. The third-order valence-electron chi connectivity index (χ3n) is 6.05. The highest BCUT2D eigenvalue weighted by atomic mass is 16.5. The molecule has 0 atom stereocenters. The van der Waals surface area contributed by atoms with Gasteiger partial charge in [-0.25, -0.2) is 0 Å². The van der Waals surface area contributed by atoms with E-state index in [0.717, 1.165) is 22.4 Å². The van der Waals surface area contributed by atoms with E-state index in [-0.39, 0.29) is 18.9 Å². The molecule has 0 bridgehead atoms. The molecule has 6 nitrogen and oxygen atoms in total. The smallest absolute Gasteiger partial charge is 0.303 e. The summed E-state index contributed by atoms with van der Waals surface area (Å²) in [7, 11) is 0. The van der Waals surface area contributed by atoms with Crippen LogP contribution in [-0.4, -0.2) is 30.2 Å². The average molecular weight is 510 g/mol. The van der Waals surface area contributed by atoms with Crippen molar-refractivity contribution < 1.29 is 24.2 Å². The number of nitrogens with one attached hydrogen (secondary N) is 1. The van der Waals surface area contributed by atoms with E-state index >= 15 is 0 Å². The number of carbonyl (C=O) groups is 2. The zero-order valence-electron chi connectivity index (χ0n) is 21.1. The van der Waals surface area contributed by atoms with Gasteiger partial charge in [-0.3, -0.25) is 9.59 Å². The lowest BCUT2D eigenvalue weighted by Gasteiger charge is -2.14. The summed E-state index contributed by atoms with van der Waals surface area (Å²) >= 11 is 0. The molecule has 0 unspecified atom stereocenters. The fraction of sp³-hybridized carbons (Fsp3) is 0.188. The standard InChI is InChI=1S/C32H31NO5/c34-31(35)19-15-26-14-18-30(22-28(26)23-33-32(36)27-10-5-2-6-11-27)38-21-7-20-37-29-16-12-25(13-17-29)24-8-3-1-4-9-24/h1-6,8-14,16-18,22H,7,15,19-21,23H2,(H,33,36)(H,34,35). The maximum Gasteiger partial charge on any atom is 0.303 e. The second kappa shape index (κ2) is 13.7. The van der Waals surface area contributed by atoms with Gasteiger partial charge in [-0.15, -0.1) is 0 Å². The number of benzene rings is 4. The number of aryl methyl sites for hydroxylation is 1. The molecule has 0 radical (unpaired) electrons. The van der Waals surface area contributed by atoms with Crippen LogP contribution >= 0.6 is 0 Å². The third-order valence-corrected chi connectivity index (χ3v) is 6.05. The summed E-state index contributed by atoms with van der Waals surface area (Å²) in [6.45, 7) is 1.26. The molecule has 4 aromatic carbocycles. The molecular formula is C32H31NO5. The summed E-state index contributed by atoms with van der Waals surface area (Å²) in [6, 6.07) is 32.8. The Balaban J connectivity index is 1.28. The Morgan fingerprint density at radius 3 is 1.97 bits per heavy atom. The SMILES string of the molecule is O=C(O)CCc1ccc(OCCCOc2ccc(-c3ccccc3)cc2)cc1CNC(=O)c1ccccc1. The summed E-state index contributed by atoms with van der Waals surface area (Å²) < 4.78 is 11.8. The van der Waals surface area contributed by atoms with Gasteiger partial charge in [0.15, 0.2) is 0 Å². The molecule has 6 heteroatoms. The van der Waals surface area contributed by atoms with Crippen molar-refractivity contribution in [1.29, 1.82) is 0 Å². The number of aliphatic carboxylic acids is 1. The van der Waals surface area contributed by atoms with Crippen LogP contribution in [0.3, 0.4) is 0 Å². The van der Waals surface area contributed by atoms with Crippen molar-refractivity contribution in [2.75, 3.05) is 13.2 Å². The maximum atomic E-state index is 12.5. The van der Waals surface area contributed by atoms with Crippen molar-refractivity contribution in [3.63, 3.8) is 0 Å². The van der Waals surface area contributed by atoms with Gasteiger partial charge in [0.05, 0.1) is 13.2 Å². The molecule has 0 fully saturated rings. The number of rotatable bonds is 13. The molecule has 4 aromatic rings. The summed E-state index contributed by atoms with van der Waals surface area (Å²) in [5.41, 5.74) is 4.59. The van der Waals surface area contributed by atoms with E-state index in [1.54, 1.807) is 12.1 Å². The number of carboxylic acid groups (broad SMARTS) is 1. The summed E-state index contributed by atoms with van der Waals surface area (Å²) in [5, 5.41) is 12.0. The van der Waals surface area contributed by atoms with Crippen LogP contribution < -0.4 is 14.8 Å². The number of hydrogen-bond donors (Lipinski definition) is 2. The molecule has 4 rings (SSSR count). The van der Waals surface area contributed by atoms with Crippen LogP contribution in [0.2, 0.25) is 0 Å². The van der Waals surface area contributed by atoms with Gasteiger partial charge in [0.2, 0.25) is 0 Å². The highest BCUT2D eigenvalue weighted by Crippen LogP contribution is 2.23. The minimum atomic E-state index is -0.862. The molecule has 2 N–H and O–H groups in total. The Labute approximate surface area is 222 Å². The van der Waals surface area contributed by atoms with Crippen LogP contribution in [-0.2, 0) is 17.8 Å². The highest BCUT2D eigenvalue weighted by Gasteiger charge is 2.10. The van der Waals surface area contributed by atoms with Crippen molar-refractivity contribution in [3.05, 3.63) is 120 Å². The van der Waals surface area contributed by atoms with Gasteiger partial charge in [-0.1, -0.05) is 66.7 Å². The van der Waals surface area contributed by atoms with Crippen LogP contribution in [0.15, 0.2) is 103 Å². The minimum absolute atomic E-state index is 0.0174. The molecule has 0 spiro atoms. The third kappa shape index (κ3) is 7.96. The normalized spacial score (nSPS) is 10.5. The van der Waals surface area contributed by atoms with Gasteiger partial charge < -0.3 is 19.9 Å². The van der Waals surface area contributed by atoms with Crippen molar-refractivity contribution >= 4 is 11.9 Å². The molecule has 194 valence electrons. The van der Waals surface area contributed by atoms with Crippen LogP contribution in [0.5, 0.6) is 11.5 Å². The predicted octanol–water partition coefficient (Wildman–Crippen LogP) is 6.15. The molecule has 0 saturated carbocycles. The Morgan fingerprint density at radius 1 is 0.684 bits per heavy atom. The summed E-state index contributed by atoms with van der Waals surface area (Å²) in [4.78, 5) is 23.6. The van der Waals surface area contributed by atoms with E-state index in [1.165, 1.54) is 5.56 Å². The summed E-state index contributed by atoms with van der Waals surface area (Å²) in [5.74, 6) is 0.429. The largest absolute Gasteiger partial charge is 0.493 e. The van der Waals surface area contributed by atoms with Crippen molar-refractivity contribution in [3.8, 4) is 22.6 Å². The predicted molar refractivity (Wildman–Crippen MR) is 147 cm³/mol. The second-order valence-corrected chi connectivity index (χ2v) is 8.81. The lowest BCUT2D eigenvalue weighted by atomic mass is 10.0. The number of ether oxygens (including phenoxy) is 2. The minimum Gasteiger partial charge on any atom is -0.493 e. The first-order valence-electron chi connectivity index (χ1n) is 12.7. The fourth-order valence-corrected chi connectivity index (χ4v) is 4.02. The van der Waals surface area contributed by atoms with Crippen LogP contribution in [0.4, 0.5) is 0 Å². The number of amides is 1. The number of carboxylic acids is 1. The first-order chi connectivity index (χ1) is 18.6. The van der Waals surface area contributed by atoms with E-state index in [1.807, 2.05) is 78.9 Å². The van der Waals surface area contributed by atoms with Crippen LogP contribution in [0.1, 0.15) is 34.3 Å². The van der Waals surface area contributed by atoms with Crippen molar-refractivity contribution in [2.45, 2.75) is 25.8 Å². The van der Waals surface area contributed by atoms with E-state index in [2.05, 4.69) is 17.4 Å². The van der Waals surface area contributed by atoms with Crippen molar-refractivity contribution in [2.24, 2.45) is 0 Å². The zero-order valence-corrected chi connectivity index (χ0v) is 21.1. The molecule has 1 amide bonds. The van der Waals surface area contributed by atoms with Gasteiger partial charge in [-0.2, -0.15) is 0 Å². The van der Waals surface area contributed by atoms with E-state index in [4.69, 9.17) is 14.6 Å². The zero-order chi connectivity index (χ0) is 26.6. The first-order valence-corrected chi connectivity index (χ1v) is 12.7. The molecular weight excluding hydrogens is 478 g/mol. The molecule has 0 aliphatic rings. The van der Waals surface area contributed by atoms with Gasteiger partial charge in [0.25, 0.3) is 5.91 Å². The van der Waals surface area contributed by atoms with E-state index in [9.17, 15) is 9.59 Å². The van der Waals surface area contributed by atoms with E-state index < -0.39 is 5.97 Å². The van der Waals surface area contributed by atoms with Crippen LogP contribution in [0.25, 0.3) is 11.1 Å². The Kier molecular flexibility index (Phi) is 9.51. The van der Waals surface area contributed by atoms with Crippen LogP contribution in [0, 0.1) is 0 Å². The molecule has 0 saturated heterocycles. The van der Waals surface area contributed by atoms with Gasteiger partial charge >= 0.3 is 5.97 Å². The first kappa shape index (κ1) is 26.5. The van der Waals surface area contributed by atoms with Crippen molar-refractivity contribution in [1.82, 2.24) is 5.32 Å². The average Bonchev–Trinajstić information content (AvgIpc) is 2.96. The van der Waals surface area contributed by atoms with Gasteiger partial charge in [-0.05, 0) is 65.1 Å². The monoisotopic (exact) mass is 509 g/mol. The molecule has 0 aliphatic heterocycles. The maximum absolute atomic E-state index is 12.5. The molecule has 0 heterocycles. The topological polar surface area (TPSA) is 84.9 Å². The highest BCUT2D eigenvalue weighted by molar-refractivity contribution is 5.94. The second-order valence-electron chi connectivity index (χ2n) is 8.81. The van der Waals surface area contributed by atoms with E-state index in [0.29, 0.717) is 37.4 Å².